The number of hydrogen-bond acceptors (Lipinski definition) is 1. The quantitative estimate of drug-likeness (QED) is 0.797. The second-order valence-corrected chi connectivity index (χ2v) is 3.15. The fourth-order valence-electron chi connectivity index (χ4n) is 0.860. The molecule has 1 aromatic carbocycles. The van der Waals surface area contributed by atoms with E-state index in [1.807, 2.05) is 6.07 Å². The Morgan fingerprint density at radius 1 is 1.45 bits per heavy atom. The molecular weight excluding hydrogens is 225 g/mol. The summed E-state index contributed by atoms with van der Waals surface area (Å²) in [5.74, 6) is 0. The number of aryl methyl sites for hydroxylation is 1. The normalized spacial score (nSPS) is 9.00. The predicted octanol–water partition coefficient (Wildman–Crippen LogP) is 2.64. The summed E-state index contributed by atoms with van der Waals surface area (Å²) >= 11 is 3.41. The van der Waals surface area contributed by atoms with E-state index in [9.17, 15) is 0 Å². The van der Waals surface area contributed by atoms with Gasteiger partial charge in [-0.05, 0) is 18.6 Å². The molecule has 0 unspecified atom stereocenters. The Balaban J connectivity index is 0.000001000. The zero-order chi connectivity index (χ0) is 7.56. The molecule has 0 fully saturated rings. The van der Waals surface area contributed by atoms with Crippen LogP contribution >= 0.6 is 28.3 Å². The van der Waals surface area contributed by atoms with Gasteiger partial charge in [-0.15, -0.1) is 12.4 Å². The molecular formula is C8H11BrClN. The molecule has 0 spiro atoms. The minimum atomic E-state index is 0. The van der Waals surface area contributed by atoms with Gasteiger partial charge in [-0.25, -0.2) is 0 Å². The number of hydrogen-bond donors (Lipinski definition) is 1. The molecule has 0 saturated carbocycles. The van der Waals surface area contributed by atoms with Crippen molar-refractivity contribution in [1.29, 1.82) is 0 Å². The van der Waals surface area contributed by atoms with Crippen LogP contribution in [-0.4, -0.2) is 0 Å². The standard InChI is InChI=1S/C8H10BrN.ClH/c1-6-2-3-8(9)7(4-6)5-10;/h2-4H,5,10H2,1H3;1H. The fraction of sp³-hybridized carbons (Fsp3) is 0.250. The van der Waals surface area contributed by atoms with E-state index in [1.165, 1.54) is 11.1 Å². The smallest absolute Gasteiger partial charge is 0.0220 e. The van der Waals surface area contributed by atoms with Crippen LogP contribution in [0, 0.1) is 6.92 Å². The van der Waals surface area contributed by atoms with E-state index in [2.05, 4.69) is 35.0 Å². The zero-order valence-electron chi connectivity index (χ0n) is 6.30. The lowest BCUT2D eigenvalue weighted by Crippen LogP contribution is -1.97. The van der Waals surface area contributed by atoms with Crippen LogP contribution in [0.25, 0.3) is 0 Å². The van der Waals surface area contributed by atoms with Crippen LogP contribution in [0.15, 0.2) is 22.7 Å². The van der Waals surface area contributed by atoms with Crippen LogP contribution in [0.1, 0.15) is 11.1 Å². The highest BCUT2D eigenvalue weighted by Crippen LogP contribution is 2.16. The average Bonchev–Trinajstić information content (AvgIpc) is 1.94. The largest absolute Gasteiger partial charge is 0.326 e. The highest BCUT2D eigenvalue weighted by molar-refractivity contribution is 9.10. The van der Waals surface area contributed by atoms with Crippen LogP contribution in [-0.2, 0) is 6.54 Å². The monoisotopic (exact) mass is 235 g/mol. The first-order valence-corrected chi connectivity index (χ1v) is 3.98. The summed E-state index contributed by atoms with van der Waals surface area (Å²) in [6.45, 7) is 2.66. The lowest BCUT2D eigenvalue weighted by Gasteiger charge is -2.00. The Morgan fingerprint density at radius 2 is 2.09 bits per heavy atom. The molecule has 0 atom stereocenters. The molecule has 2 N–H and O–H groups in total. The molecule has 0 aliphatic heterocycles. The first-order valence-electron chi connectivity index (χ1n) is 3.19. The highest BCUT2D eigenvalue weighted by Gasteiger charge is 1.95. The lowest BCUT2D eigenvalue weighted by atomic mass is 10.1. The summed E-state index contributed by atoms with van der Waals surface area (Å²) in [6.07, 6.45) is 0. The minimum absolute atomic E-state index is 0. The number of halogens is 2. The number of nitrogens with two attached hydrogens (primary N) is 1. The first-order chi connectivity index (χ1) is 4.74. The van der Waals surface area contributed by atoms with Gasteiger partial charge >= 0.3 is 0 Å². The summed E-state index contributed by atoms with van der Waals surface area (Å²) in [5, 5.41) is 0. The third-order valence-corrected chi connectivity index (χ3v) is 2.19. The molecule has 11 heavy (non-hydrogen) atoms. The second-order valence-electron chi connectivity index (χ2n) is 2.30. The third kappa shape index (κ3) is 2.81. The molecule has 62 valence electrons. The molecule has 0 aliphatic carbocycles. The van der Waals surface area contributed by atoms with Crippen molar-refractivity contribution in [3.8, 4) is 0 Å². The van der Waals surface area contributed by atoms with Crippen molar-refractivity contribution in [3.05, 3.63) is 33.8 Å². The fourth-order valence-corrected chi connectivity index (χ4v) is 1.27. The van der Waals surface area contributed by atoms with Crippen LogP contribution in [0.2, 0.25) is 0 Å². The lowest BCUT2D eigenvalue weighted by molar-refractivity contribution is 1.06. The van der Waals surface area contributed by atoms with Crippen molar-refractivity contribution in [2.45, 2.75) is 13.5 Å². The summed E-state index contributed by atoms with van der Waals surface area (Å²) in [6, 6.07) is 6.17. The summed E-state index contributed by atoms with van der Waals surface area (Å²) < 4.78 is 1.10. The van der Waals surface area contributed by atoms with Gasteiger partial charge in [0.15, 0.2) is 0 Å². The molecule has 0 aliphatic rings. The van der Waals surface area contributed by atoms with E-state index < -0.39 is 0 Å². The molecule has 0 aromatic heterocycles. The van der Waals surface area contributed by atoms with Crippen molar-refractivity contribution in [3.63, 3.8) is 0 Å². The van der Waals surface area contributed by atoms with E-state index in [0.717, 1.165) is 4.47 Å². The van der Waals surface area contributed by atoms with Crippen molar-refractivity contribution in [2.24, 2.45) is 5.73 Å². The van der Waals surface area contributed by atoms with E-state index in [0.29, 0.717) is 6.54 Å². The van der Waals surface area contributed by atoms with E-state index in [1.54, 1.807) is 0 Å². The van der Waals surface area contributed by atoms with E-state index in [4.69, 9.17) is 5.73 Å². The van der Waals surface area contributed by atoms with Gasteiger partial charge < -0.3 is 5.73 Å². The van der Waals surface area contributed by atoms with Crippen LogP contribution in [0.4, 0.5) is 0 Å². The van der Waals surface area contributed by atoms with Crippen molar-refractivity contribution >= 4 is 28.3 Å². The van der Waals surface area contributed by atoms with Crippen LogP contribution in [0.3, 0.4) is 0 Å². The Bertz CT molecular complexity index is 238. The molecule has 0 bridgehead atoms. The Labute approximate surface area is 81.5 Å². The Kier molecular flexibility index (Phi) is 4.73. The van der Waals surface area contributed by atoms with E-state index >= 15 is 0 Å². The van der Waals surface area contributed by atoms with Gasteiger partial charge in [-0.1, -0.05) is 33.6 Å². The van der Waals surface area contributed by atoms with E-state index in [-0.39, 0.29) is 12.4 Å². The third-order valence-electron chi connectivity index (χ3n) is 1.42. The van der Waals surface area contributed by atoms with Gasteiger partial charge in [0.25, 0.3) is 0 Å². The summed E-state index contributed by atoms with van der Waals surface area (Å²) in [4.78, 5) is 0. The van der Waals surface area contributed by atoms with Gasteiger partial charge in [0, 0.05) is 11.0 Å². The number of rotatable bonds is 1. The average molecular weight is 237 g/mol. The maximum Gasteiger partial charge on any atom is 0.0220 e. The summed E-state index contributed by atoms with van der Waals surface area (Å²) in [5.41, 5.74) is 7.91. The van der Waals surface area contributed by atoms with Crippen molar-refractivity contribution < 1.29 is 0 Å². The molecule has 1 aromatic rings. The molecule has 1 rings (SSSR count). The van der Waals surface area contributed by atoms with Crippen molar-refractivity contribution in [1.82, 2.24) is 0 Å². The topological polar surface area (TPSA) is 26.0 Å². The SMILES string of the molecule is Cc1ccc(Br)c(CN)c1.Cl. The van der Waals surface area contributed by atoms with Gasteiger partial charge in [0.1, 0.15) is 0 Å². The maximum atomic E-state index is 5.49. The second kappa shape index (κ2) is 4.75. The highest BCUT2D eigenvalue weighted by atomic mass is 79.9. The molecule has 0 saturated heterocycles. The number of benzene rings is 1. The van der Waals surface area contributed by atoms with Gasteiger partial charge in [0.05, 0.1) is 0 Å². The Hall–Kier alpha value is -0.0500. The molecule has 0 amide bonds. The van der Waals surface area contributed by atoms with Crippen molar-refractivity contribution in [2.75, 3.05) is 0 Å². The van der Waals surface area contributed by atoms with Crippen LogP contribution < -0.4 is 5.73 Å². The zero-order valence-corrected chi connectivity index (χ0v) is 8.71. The Morgan fingerprint density at radius 3 is 2.55 bits per heavy atom. The maximum absolute atomic E-state index is 5.49. The van der Waals surface area contributed by atoms with Gasteiger partial charge in [-0.2, -0.15) is 0 Å². The molecule has 1 nitrogen and oxygen atoms in total. The minimum Gasteiger partial charge on any atom is -0.326 e. The first kappa shape index (κ1) is 11.0. The molecule has 0 heterocycles. The predicted molar refractivity (Wildman–Crippen MR) is 54.0 cm³/mol. The summed E-state index contributed by atoms with van der Waals surface area (Å²) in [7, 11) is 0. The van der Waals surface area contributed by atoms with Gasteiger partial charge in [0.2, 0.25) is 0 Å². The van der Waals surface area contributed by atoms with Gasteiger partial charge in [-0.3, -0.25) is 0 Å². The van der Waals surface area contributed by atoms with Crippen LogP contribution in [0.5, 0.6) is 0 Å². The molecule has 3 heteroatoms. The molecule has 0 radical (unpaired) electrons.